The molecule has 1 aliphatic rings. The van der Waals surface area contributed by atoms with E-state index in [0.29, 0.717) is 12.0 Å². The highest BCUT2D eigenvalue weighted by atomic mass is 32.1. The van der Waals surface area contributed by atoms with Gasteiger partial charge in [0.1, 0.15) is 12.2 Å². The third-order valence-corrected chi connectivity index (χ3v) is 6.16. The first-order chi connectivity index (χ1) is 14.2. The Labute approximate surface area is 178 Å². The molecule has 0 amide bonds. The molecule has 2 aromatic heterocycles. The Morgan fingerprint density at radius 2 is 2.10 bits per heavy atom. The molecule has 0 bridgehead atoms. The van der Waals surface area contributed by atoms with Gasteiger partial charge in [-0.1, -0.05) is 26.8 Å². The van der Waals surface area contributed by atoms with Crippen molar-refractivity contribution in [2.75, 3.05) is 32.7 Å². The molecule has 29 heavy (non-hydrogen) atoms. The highest BCUT2D eigenvalue weighted by Crippen LogP contribution is 2.27. The molecule has 0 saturated carbocycles. The van der Waals surface area contributed by atoms with Crippen LogP contribution in [0.25, 0.3) is 0 Å². The second kappa shape index (κ2) is 11.3. The van der Waals surface area contributed by atoms with Crippen molar-refractivity contribution < 1.29 is 0 Å². The molecule has 3 rings (SSSR count). The zero-order chi connectivity index (χ0) is 20.5. The SMILES string of the molecule is CCc1nncn1CCNC(=NCC(C)C)NCC(c1cccs1)N1CCCC1. The second-order valence-electron chi connectivity index (χ2n) is 7.96. The Morgan fingerprint density at radius 3 is 2.79 bits per heavy atom. The summed E-state index contributed by atoms with van der Waals surface area (Å²) in [7, 11) is 0. The molecule has 0 aliphatic carbocycles. The third-order valence-electron chi connectivity index (χ3n) is 5.19. The number of aromatic nitrogens is 3. The number of thiophene rings is 1. The van der Waals surface area contributed by atoms with Crippen LogP contribution in [0.5, 0.6) is 0 Å². The molecule has 0 radical (unpaired) electrons. The van der Waals surface area contributed by atoms with Crippen molar-refractivity contribution in [3.8, 4) is 0 Å². The smallest absolute Gasteiger partial charge is 0.191 e. The van der Waals surface area contributed by atoms with Crippen molar-refractivity contribution >= 4 is 17.3 Å². The van der Waals surface area contributed by atoms with Gasteiger partial charge >= 0.3 is 0 Å². The molecule has 2 N–H and O–H groups in total. The molecule has 1 unspecified atom stereocenters. The van der Waals surface area contributed by atoms with Crippen LogP contribution in [0.1, 0.15) is 50.4 Å². The molecule has 8 heteroatoms. The monoisotopic (exact) mass is 417 g/mol. The van der Waals surface area contributed by atoms with Crippen molar-refractivity contribution in [2.45, 2.75) is 52.6 Å². The first-order valence-electron chi connectivity index (χ1n) is 10.8. The summed E-state index contributed by atoms with van der Waals surface area (Å²) >= 11 is 1.85. The molecule has 160 valence electrons. The Kier molecular flexibility index (Phi) is 8.49. The van der Waals surface area contributed by atoms with E-state index < -0.39 is 0 Å². The lowest BCUT2D eigenvalue weighted by Crippen LogP contribution is -2.43. The summed E-state index contributed by atoms with van der Waals surface area (Å²) in [5, 5.41) is 17.5. The average Bonchev–Trinajstić information content (AvgIpc) is 3.48. The van der Waals surface area contributed by atoms with Gasteiger partial charge in [0, 0.05) is 37.5 Å². The fourth-order valence-corrected chi connectivity index (χ4v) is 4.48. The van der Waals surface area contributed by atoms with Gasteiger partial charge in [0.2, 0.25) is 0 Å². The molecule has 1 aliphatic heterocycles. The van der Waals surface area contributed by atoms with Crippen LogP contribution in [0.3, 0.4) is 0 Å². The van der Waals surface area contributed by atoms with Crippen LogP contribution in [0.15, 0.2) is 28.8 Å². The number of hydrogen-bond acceptors (Lipinski definition) is 5. The van der Waals surface area contributed by atoms with Gasteiger partial charge in [-0.3, -0.25) is 9.89 Å². The minimum Gasteiger partial charge on any atom is -0.355 e. The number of nitrogens with one attached hydrogen (secondary N) is 2. The summed E-state index contributed by atoms with van der Waals surface area (Å²) in [6, 6.07) is 4.82. The quantitative estimate of drug-likeness (QED) is 0.459. The van der Waals surface area contributed by atoms with Crippen LogP contribution in [0.2, 0.25) is 0 Å². The van der Waals surface area contributed by atoms with E-state index >= 15 is 0 Å². The summed E-state index contributed by atoms with van der Waals surface area (Å²) in [6.45, 7) is 12.2. The molecule has 2 aromatic rings. The fraction of sp³-hybridized carbons (Fsp3) is 0.667. The van der Waals surface area contributed by atoms with E-state index in [1.54, 1.807) is 6.33 Å². The van der Waals surface area contributed by atoms with Crippen LogP contribution in [-0.4, -0.2) is 58.3 Å². The highest BCUT2D eigenvalue weighted by molar-refractivity contribution is 7.10. The number of aliphatic imine (C=N–C) groups is 1. The van der Waals surface area contributed by atoms with Gasteiger partial charge in [0.25, 0.3) is 0 Å². The molecule has 7 nitrogen and oxygen atoms in total. The standard InChI is InChI=1S/C21H35N7S/c1-4-20-26-25-16-28(20)12-9-22-21(23-14-17(2)3)24-15-18(19-8-7-13-29-19)27-10-5-6-11-27/h7-8,13,16-18H,4-6,9-12,14-15H2,1-3H3,(H2,22,23,24). The van der Waals surface area contributed by atoms with Gasteiger partial charge in [-0.2, -0.15) is 0 Å². The summed E-state index contributed by atoms with van der Waals surface area (Å²) in [4.78, 5) is 8.83. The van der Waals surface area contributed by atoms with Gasteiger partial charge in [-0.05, 0) is 43.3 Å². The third kappa shape index (κ3) is 6.54. The van der Waals surface area contributed by atoms with Crippen LogP contribution >= 0.6 is 11.3 Å². The number of guanidine groups is 1. The largest absolute Gasteiger partial charge is 0.355 e. The first kappa shape index (κ1) is 21.8. The molecule has 0 spiro atoms. The lowest BCUT2D eigenvalue weighted by molar-refractivity contribution is 0.249. The lowest BCUT2D eigenvalue weighted by Gasteiger charge is -2.27. The van der Waals surface area contributed by atoms with Crippen molar-refractivity contribution in [1.29, 1.82) is 0 Å². The Morgan fingerprint density at radius 1 is 1.28 bits per heavy atom. The molecule has 0 aromatic carbocycles. The molecule has 1 saturated heterocycles. The zero-order valence-corrected chi connectivity index (χ0v) is 18.8. The predicted octanol–water partition coefficient (Wildman–Crippen LogP) is 2.93. The summed E-state index contributed by atoms with van der Waals surface area (Å²) in [5.41, 5.74) is 0. The second-order valence-corrected chi connectivity index (χ2v) is 8.94. The molecule has 1 fully saturated rings. The first-order valence-corrected chi connectivity index (χ1v) is 11.7. The predicted molar refractivity (Wildman–Crippen MR) is 120 cm³/mol. The van der Waals surface area contributed by atoms with E-state index in [9.17, 15) is 0 Å². The van der Waals surface area contributed by atoms with Crippen molar-refractivity contribution in [2.24, 2.45) is 10.9 Å². The number of rotatable bonds is 10. The summed E-state index contributed by atoms with van der Waals surface area (Å²) in [6.07, 6.45) is 5.30. The van der Waals surface area contributed by atoms with Crippen molar-refractivity contribution in [3.05, 3.63) is 34.5 Å². The zero-order valence-electron chi connectivity index (χ0n) is 18.0. The molecular weight excluding hydrogens is 382 g/mol. The normalized spacial score (nSPS) is 16.5. The Balaban J connectivity index is 1.59. The van der Waals surface area contributed by atoms with E-state index in [2.05, 4.69) is 68.6 Å². The van der Waals surface area contributed by atoms with Gasteiger partial charge in [-0.15, -0.1) is 21.5 Å². The number of hydrogen-bond donors (Lipinski definition) is 2. The fourth-order valence-electron chi connectivity index (χ4n) is 3.62. The van der Waals surface area contributed by atoms with Gasteiger partial charge in [-0.25, -0.2) is 0 Å². The van der Waals surface area contributed by atoms with Crippen LogP contribution in [0, 0.1) is 5.92 Å². The van der Waals surface area contributed by atoms with E-state index in [0.717, 1.165) is 44.4 Å². The van der Waals surface area contributed by atoms with Crippen molar-refractivity contribution in [1.82, 2.24) is 30.3 Å². The van der Waals surface area contributed by atoms with E-state index in [1.165, 1.54) is 30.8 Å². The maximum Gasteiger partial charge on any atom is 0.191 e. The number of aryl methyl sites for hydroxylation is 1. The van der Waals surface area contributed by atoms with Crippen LogP contribution in [0.4, 0.5) is 0 Å². The minimum absolute atomic E-state index is 0.410. The Bertz CT molecular complexity index is 732. The number of likely N-dealkylation sites (tertiary alicyclic amines) is 1. The van der Waals surface area contributed by atoms with Gasteiger partial charge in [0.15, 0.2) is 5.96 Å². The Hall–Kier alpha value is -1.93. The van der Waals surface area contributed by atoms with E-state index in [4.69, 9.17) is 4.99 Å². The highest BCUT2D eigenvalue weighted by Gasteiger charge is 2.24. The lowest BCUT2D eigenvalue weighted by atomic mass is 10.2. The van der Waals surface area contributed by atoms with Crippen LogP contribution in [-0.2, 0) is 13.0 Å². The maximum absolute atomic E-state index is 4.80. The molecule has 1 atom stereocenters. The average molecular weight is 418 g/mol. The summed E-state index contributed by atoms with van der Waals surface area (Å²) < 4.78 is 2.10. The van der Waals surface area contributed by atoms with E-state index in [1.807, 2.05) is 11.3 Å². The number of nitrogens with zero attached hydrogens (tertiary/aromatic N) is 5. The van der Waals surface area contributed by atoms with Crippen LogP contribution < -0.4 is 10.6 Å². The van der Waals surface area contributed by atoms with Crippen molar-refractivity contribution in [3.63, 3.8) is 0 Å². The topological polar surface area (TPSA) is 70.4 Å². The van der Waals surface area contributed by atoms with E-state index in [-0.39, 0.29) is 0 Å². The van der Waals surface area contributed by atoms with Gasteiger partial charge < -0.3 is 15.2 Å². The minimum atomic E-state index is 0.410. The molecule has 3 heterocycles. The summed E-state index contributed by atoms with van der Waals surface area (Å²) in [5.74, 6) is 2.45. The van der Waals surface area contributed by atoms with Gasteiger partial charge in [0.05, 0.1) is 6.04 Å². The molecular formula is C21H35N7S. The maximum atomic E-state index is 4.80.